The number of carbonyl (C=O) groups is 1. The minimum Gasteiger partial charge on any atom is -0.341 e. The van der Waals surface area contributed by atoms with Crippen molar-refractivity contribution in [2.45, 2.75) is 58.4 Å². The quantitative estimate of drug-likeness (QED) is 0.798. The second-order valence-electron chi connectivity index (χ2n) is 8.82. The van der Waals surface area contributed by atoms with Crippen molar-refractivity contribution >= 4 is 5.91 Å². The van der Waals surface area contributed by atoms with Gasteiger partial charge in [-0.25, -0.2) is 0 Å². The second kappa shape index (κ2) is 5.57. The molecule has 2 saturated carbocycles. The summed E-state index contributed by atoms with van der Waals surface area (Å²) in [6.07, 6.45) is 7.82. The van der Waals surface area contributed by atoms with Crippen LogP contribution in [-0.4, -0.2) is 48.9 Å². The van der Waals surface area contributed by atoms with E-state index in [1.807, 2.05) is 0 Å². The molecule has 1 amide bonds. The van der Waals surface area contributed by atoms with E-state index in [1.165, 1.54) is 25.7 Å². The average molecular weight is 292 g/mol. The third-order valence-electron chi connectivity index (χ3n) is 6.36. The number of carbonyl (C=O) groups excluding carboxylic acids is 1. The van der Waals surface area contributed by atoms with Gasteiger partial charge in [-0.3, -0.25) is 9.69 Å². The Labute approximate surface area is 130 Å². The number of amides is 1. The Morgan fingerprint density at radius 3 is 2.57 bits per heavy atom. The summed E-state index contributed by atoms with van der Waals surface area (Å²) in [5.41, 5.74) is 0.272. The van der Waals surface area contributed by atoms with Crippen LogP contribution < -0.4 is 0 Å². The molecule has 1 heterocycles. The fourth-order valence-corrected chi connectivity index (χ4v) is 4.94. The summed E-state index contributed by atoms with van der Waals surface area (Å²) < 4.78 is 0. The first-order chi connectivity index (χ1) is 9.85. The largest absolute Gasteiger partial charge is 0.341 e. The molecule has 1 aliphatic heterocycles. The van der Waals surface area contributed by atoms with Gasteiger partial charge in [0.2, 0.25) is 5.91 Å². The van der Waals surface area contributed by atoms with Crippen molar-refractivity contribution in [3.63, 3.8) is 0 Å². The van der Waals surface area contributed by atoms with Crippen LogP contribution in [-0.2, 0) is 4.79 Å². The molecule has 2 aliphatic carbocycles. The van der Waals surface area contributed by atoms with E-state index in [-0.39, 0.29) is 11.5 Å². The lowest BCUT2D eigenvalue weighted by Crippen LogP contribution is -2.47. The van der Waals surface area contributed by atoms with Crippen LogP contribution in [0.1, 0.15) is 52.4 Å². The maximum absolute atomic E-state index is 13.0. The van der Waals surface area contributed by atoms with E-state index in [9.17, 15) is 4.79 Å². The number of fused-ring (bicyclic) bond motifs is 2. The molecule has 4 atom stereocenters. The van der Waals surface area contributed by atoms with Crippen molar-refractivity contribution in [2.75, 3.05) is 27.2 Å². The smallest absolute Gasteiger partial charge is 0.239 e. The van der Waals surface area contributed by atoms with Gasteiger partial charge in [-0.15, -0.1) is 0 Å². The predicted molar refractivity (Wildman–Crippen MR) is 86.0 cm³/mol. The van der Waals surface area contributed by atoms with E-state index in [2.05, 4.69) is 37.7 Å². The van der Waals surface area contributed by atoms with Gasteiger partial charge in [-0.1, -0.05) is 20.3 Å². The van der Waals surface area contributed by atoms with Gasteiger partial charge in [0.1, 0.15) is 0 Å². The topological polar surface area (TPSA) is 23.6 Å². The molecule has 0 spiro atoms. The second-order valence-corrected chi connectivity index (χ2v) is 8.82. The lowest BCUT2D eigenvalue weighted by molar-refractivity contribution is -0.136. The fraction of sp³-hybridized carbons (Fsp3) is 0.944. The lowest BCUT2D eigenvalue weighted by Gasteiger charge is -2.32. The zero-order valence-electron chi connectivity index (χ0n) is 14.3. The molecule has 0 aromatic carbocycles. The Bertz CT molecular complexity index is 404. The highest BCUT2D eigenvalue weighted by Gasteiger charge is 2.42. The van der Waals surface area contributed by atoms with Crippen LogP contribution in [0.2, 0.25) is 0 Å². The average Bonchev–Trinajstić information content (AvgIpc) is 2.99. The predicted octanol–water partition coefficient (Wildman–Crippen LogP) is 3.00. The first-order valence-corrected chi connectivity index (χ1v) is 8.81. The van der Waals surface area contributed by atoms with Gasteiger partial charge >= 0.3 is 0 Å². The number of likely N-dealkylation sites (N-methyl/N-ethyl adjacent to an activating group) is 1. The molecule has 0 radical (unpaired) electrons. The molecular formula is C18H32N2O. The molecule has 0 aromatic heterocycles. The molecule has 0 N–H and O–H groups in total. The molecule has 3 aliphatic rings. The molecule has 1 saturated heterocycles. The normalized spacial score (nSPS) is 39.1. The lowest BCUT2D eigenvalue weighted by atomic mass is 9.83. The van der Waals surface area contributed by atoms with Crippen molar-refractivity contribution in [3.8, 4) is 0 Å². The Balaban J connectivity index is 1.70. The number of rotatable bonds is 3. The highest BCUT2D eigenvalue weighted by molar-refractivity contribution is 5.82. The fourth-order valence-electron chi connectivity index (χ4n) is 4.94. The van der Waals surface area contributed by atoms with Gasteiger partial charge in [-0.05, 0) is 69.4 Å². The van der Waals surface area contributed by atoms with Crippen LogP contribution in [0.5, 0.6) is 0 Å². The Kier molecular flexibility index (Phi) is 4.06. The molecule has 21 heavy (non-hydrogen) atoms. The first kappa shape index (κ1) is 15.3. The van der Waals surface area contributed by atoms with E-state index in [0.29, 0.717) is 5.91 Å². The van der Waals surface area contributed by atoms with Crippen molar-refractivity contribution in [3.05, 3.63) is 0 Å². The number of hydrogen-bond acceptors (Lipinski definition) is 2. The Morgan fingerprint density at radius 2 is 2.00 bits per heavy atom. The summed E-state index contributed by atoms with van der Waals surface area (Å²) in [7, 11) is 4.11. The van der Waals surface area contributed by atoms with Gasteiger partial charge in [-0.2, -0.15) is 0 Å². The van der Waals surface area contributed by atoms with Crippen LogP contribution in [0.3, 0.4) is 0 Å². The maximum Gasteiger partial charge on any atom is 0.239 e. The van der Waals surface area contributed by atoms with Crippen molar-refractivity contribution in [2.24, 2.45) is 23.2 Å². The van der Waals surface area contributed by atoms with Crippen LogP contribution >= 0.6 is 0 Å². The van der Waals surface area contributed by atoms with Crippen LogP contribution in [0.15, 0.2) is 0 Å². The van der Waals surface area contributed by atoms with Crippen LogP contribution in [0, 0.1) is 23.2 Å². The van der Waals surface area contributed by atoms with Gasteiger partial charge in [0.15, 0.2) is 0 Å². The molecule has 120 valence electrons. The van der Waals surface area contributed by atoms with Crippen LogP contribution in [0.4, 0.5) is 0 Å². The summed E-state index contributed by atoms with van der Waals surface area (Å²) in [5.74, 6) is 3.06. The highest BCUT2D eigenvalue weighted by Crippen LogP contribution is 2.48. The molecule has 3 heteroatoms. The zero-order valence-corrected chi connectivity index (χ0v) is 14.3. The molecule has 4 unspecified atom stereocenters. The van der Waals surface area contributed by atoms with Crippen molar-refractivity contribution < 1.29 is 4.79 Å². The minimum atomic E-state index is 0.0705. The van der Waals surface area contributed by atoms with Gasteiger partial charge in [0.05, 0.1) is 6.04 Å². The Morgan fingerprint density at radius 1 is 1.24 bits per heavy atom. The summed E-state index contributed by atoms with van der Waals surface area (Å²) in [6, 6.07) is 0.0705. The van der Waals surface area contributed by atoms with E-state index < -0.39 is 0 Å². The van der Waals surface area contributed by atoms with Gasteiger partial charge in [0.25, 0.3) is 0 Å². The molecule has 3 fully saturated rings. The Hall–Kier alpha value is -0.570. The number of nitrogens with zero attached hydrogens (tertiary/aromatic N) is 2. The molecule has 3 rings (SSSR count). The monoisotopic (exact) mass is 292 g/mol. The van der Waals surface area contributed by atoms with Crippen molar-refractivity contribution in [1.29, 1.82) is 0 Å². The van der Waals surface area contributed by atoms with E-state index in [0.717, 1.165) is 43.7 Å². The molecule has 3 nitrogen and oxygen atoms in total. The number of likely N-dealkylation sites (tertiary alicyclic amines) is 1. The van der Waals surface area contributed by atoms with Gasteiger partial charge in [0, 0.05) is 13.1 Å². The van der Waals surface area contributed by atoms with Gasteiger partial charge < -0.3 is 4.90 Å². The van der Waals surface area contributed by atoms with Crippen molar-refractivity contribution in [1.82, 2.24) is 9.80 Å². The SMILES string of the molecule is CN(C)C1CC(C)(C)CCN(CC2CC3CCC2C3)C1=O. The molecule has 0 aromatic rings. The highest BCUT2D eigenvalue weighted by atomic mass is 16.2. The summed E-state index contributed by atoms with van der Waals surface area (Å²) in [5, 5.41) is 0. The molecule has 2 bridgehead atoms. The van der Waals surface area contributed by atoms with E-state index in [4.69, 9.17) is 0 Å². The number of hydrogen-bond donors (Lipinski definition) is 0. The minimum absolute atomic E-state index is 0.0705. The maximum atomic E-state index is 13.0. The molecular weight excluding hydrogens is 260 g/mol. The zero-order chi connectivity index (χ0) is 15.2. The standard InChI is InChI=1S/C18H32N2O/c1-18(2)7-8-20(17(21)16(11-18)19(3)4)12-15-10-13-5-6-14(15)9-13/h13-16H,5-12H2,1-4H3. The van der Waals surface area contributed by atoms with E-state index in [1.54, 1.807) is 0 Å². The van der Waals surface area contributed by atoms with Crippen LogP contribution in [0.25, 0.3) is 0 Å². The summed E-state index contributed by atoms with van der Waals surface area (Å²) >= 11 is 0. The third kappa shape index (κ3) is 3.13. The third-order valence-corrected chi connectivity index (χ3v) is 6.36. The summed E-state index contributed by atoms with van der Waals surface area (Å²) in [4.78, 5) is 17.3. The van der Waals surface area contributed by atoms with E-state index >= 15 is 0 Å². The first-order valence-electron chi connectivity index (χ1n) is 8.81. The summed E-state index contributed by atoms with van der Waals surface area (Å²) in [6.45, 7) is 6.63.